The van der Waals surface area contributed by atoms with E-state index in [2.05, 4.69) is 66.6 Å². The molecule has 0 saturated carbocycles. The molecule has 8 aliphatic heterocycles. The van der Waals surface area contributed by atoms with Crippen molar-refractivity contribution in [2.24, 2.45) is 26.9 Å². The topological polar surface area (TPSA) is 519 Å². The largest absolute Gasteiger partial charge is 0.473 e. The number of anilines is 1. The molecule has 2 atom stereocenters. The Labute approximate surface area is 770 Å². The van der Waals surface area contributed by atoms with E-state index in [0.717, 1.165) is 50.0 Å². The quantitative estimate of drug-likeness (QED) is 0.00681. The number of aliphatic hydroxyl groups excluding tert-OH is 1. The molecule has 41 nitrogen and oxygen atoms in total. The normalized spacial score (nSPS) is 17.3. The smallest absolute Gasteiger partial charge is 0.307 e. The van der Waals surface area contributed by atoms with Crippen LogP contribution >= 0.6 is 108 Å². The van der Waals surface area contributed by atoms with Crippen LogP contribution in [0.2, 0.25) is 4.47 Å². The van der Waals surface area contributed by atoms with Gasteiger partial charge in [-0.3, -0.25) is 62.4 Å². The van der Waals surface area contributed by atoms with Crippen molar-refractivity contribution in [2.75, 3.05) is 106 Å². The summed E-state index contributed by atoms with van der Waals surface area (Å²) in [7, 11) is 20.8. The average Bonchev–Trinajstić information content (AvgIpc) is 1.79. The van der Waals surface area contributed by atoms with Crippen molar-refractivity contribution in [1.82, 2.24) is 77.7 Å². The molecule has 6 aromatic rings. The summed E-state index contributed by atoms with van der Waals surface area (Å²) in [6, 6.07) is -0.0752. The molecular formula is C68H82B8BrClN18O23S7. The van der Waals surface area contributed by atoms with E-state index in [-0.39, 0.29) is 126 Å². The maximum atomic E-state index is 11.9. The minimum absolute atomic E-state index is 0.00470. The average molecular weight is 1950 g/mol. The molecule has 8 aliphatic rings. The maximum absolute atomic E-state index is 11.9. The van der Waals surface area contributed by atoms with Crippen molar-refractivity contribution in [3.05, 3.63) is 122 Å². The third kappa shape index (κ3) is 33.6. The van der Waals surface area contributed by atoms with E-state index in [0.29, 0.717) is 171 Å². The number of likely N-dealkylation sites (N-methyl/N-ethyl adjacent to an activating group) is 1. The number of rotatable bonds is 24. The standard InChI is InChI=1S/C12H17BN3O3S.C8H8BN2O3S.C8H10BN2O3S.C8H8BN2O3S.C7H5BClN2O2S.C7H7BN3O2S.C6H6BBrNO3.C6H7BNO3.C4H9NO.C2H5NS/c1-4-5-19-15(3)10-7-16(13-8-17)6-9-11(10)20-12(18)14(9)2;1-14-8-10-5-2-11(9-4-12)3-6(13)7(5)15-8;2*1-10-5-2-11(9-4-12)3-6(13)7(5)15-8(10)14;2*9-7-10-4-1-11(8-3-12)2-5(13)6(4)14-7;8-6-4(11)1-9(7-3-10)2-5(6)12;9-4-7-8-2-5(10)1-6(11)3-8;1-3-4-6-5-2;1-2(3)4/h4,8,10H,1,5-7H2,2-3H3;4H,2-3H2,1H3;4,6,13H,2-3H2,1H3;4H,2-3H2,1H3;3H,1-2H2;3H,1-2H2,(H2,9,10);3,6H,1-2H2;4H,1-3H2;3,5H,1,4H2,2H3;1H3,(H2,3,4). The molecule has 662 valence electrons. The Morgan fingerprint density at radius 2 is 0.889 bits per heavy atom. The first kappa shape index (κ1) is 108. The number of fused-ring (bicyclic) bond motifs is 6. The number of thiazole rings is 6. The van der Waals surface area contributed by atoms with E-state index in [9.17, 15) is 96.2 Å². The molecule has 0 aliphatic carbocycles. The number of carbonyl (C=O) groups excluding carboxylic acids is 16. The molecule has 0 bridgehead atoms. The van der Waals surface area contributed by atoms with E-state index in [4.69, 9.17) is 32.6 Å². The zero-order valence-electron chi connectivity index (χ0n) is 68.9. The first-order chi connectivity index (χ1) is 60.0. The van der Waals surface area contributed by atoms with Gasteiger partial charge in [-0.05, 0) is 6.92 Å². The molecule has 2 saturated heterocycles. The minimum Gasteiger partial charge on any atom is -0.473 e. The van der Waals surface area contributed by atoms with E-state index < -0.39 is 10.9 Å². The van der Waals surface area contributed by atoms with Gasteiger partial charge in [0.15, 0.2) is 55.9 Å². The van der Waals surface area contributed by atoms with Crippen molar-refractivity contribution >= 4 is 273 Å². The number of thiocarbonyl (C=S) groups is 1. The van der Waals surface area contributed by atoms with Gasteiger partial charge in [0.2, 0.25) is 0 Å². The SMILES string of the molecule is C=CCON(C)C1CN([B]C=O)Cc2c1sc(=O)n2C.C=CCONC.CC(N)=S.COc1nc2c(s1)C(=O)CN([B]C=O)C2.Cn1c2c(sc1=O)C(=O)CN([B]C=O)C2.Cn1c2c(sc1=O)C(O)CN([B]C=O)C2.Nc1nc2c(s1)C(=O)CN([B]C=O)C2.O=C[B]N1CC(=O)C(Br)C(=O)C1.O=C[B]N1CC(=O)CC(=O)C1.O=C[B]N1CC(=O)c2sc(Cl)nc2C1. The van der Waals surface area contributed by atoms with Crippen LogP contribution in [0.15, 0.2) is 39.7 Å². The number of nitrogens with one attached hydrogen (secondary N) is 1. The van der Waals surface area contributed by atoms with Gasteiger partial charge in [-0.2, -0.15) is 5.06 Å². The molecule has 0 amide bonds. The molecular weight excluding hydrogens is 1860 g/mol. The van der Waals surface area contributed by atoms with Crippen LogP contribution in [0.3, 0.4) is 0 Å². The second kappa shape index (κ2) is 55.5. The number of aliphatic hydroxyl groups is 1. The minimum atomic E-state index is -0.686. The summed E-state index contributed by atoms with van der Waals surface area (Å²) >= 11 is 19.9. The number of hydrogen-bond donors (Lipinski definition) is 4. The van der Waals surface area contributed by atoms with E-state index in [1.54, 1.807) is 81.0 Å². The molecule has 6 N–H and O–H groups in total. The highest BCUT2D eigenvalue weighted by molar-refractivity contribution is 9.10. The second-order valence-electron chi connectivity index (χ2n) is 26.6. The van der Waals surface area contributed by atoms with Crippen molar-refractivity contribution < 1.29 is 96.2 Å². The Balaban J connectivity index is 0.000000253. The van der Waals surface area contributed by atoms with Gasteiger partial charge < -0.3 is 112 Å². The Hall–Kier alpha value is -8.36. The molecule has 126 heavy (non-hydrogen) atoms. The first-order valence-corrected chi connectivity index (χ1v) is 43.5. The fraction of sp³-hybridized carbons (Fsp3) is 0.426. The maximum Gasteiger partial charge on any atom is 0.307 e. The molecule has 2 unspecified atom stereocenters. The Morgan fingerprint density at radius 1 is 0.524 bits per heavy atom. The fourth-order valence-electron chi connectivity index (χ4n) is 11.9. The summed E-state index contributed by atoms with van der Waals surface area (Å²) < 4.78 is 9.96. The van der Waals surface area contributed by atoms with Crippen LogP contribution in [0.4, 0.5) is 5.13 Å². The highest BCUT2D eigenvalue weighted by Gasteiger charge is 2.37. The number of nitrogens with two attached hydrogens (primary N) is 2. The Bertz CT molecular complexity index is 4980. The van der Waals surface area contributed by atoms with Gasteiger partial charge >= 0.3 is 14.6 Å². The third-order valence-electron chi connectivity index (χ3n) is 17.4. The number of halogens is 2. The molecule has 2 fully saturated rings. The number of methoxy groups -OCH3 is 1. The summed E-state index contributed by atoms with van der Waals surface area (Å²) in [4.78, 5) is 246. The summed E-state index contributed by atoms with van der Waals surface area (Å²) in [6.45, 7) is 15.1. The molecule has 6 aromatic heterocycles. The lowest BCUT2D eigenvalue weighted by Gasteiger charge is -2.35. The first-order valence-electron chi connectivity index (χ1n) is 36.9. The number of hydrogen-bond acceptors (Lipinski definition) is 44. The highest BCUT2D eigenvalue weighted by Crippen LogP contribution is 2.34. The van der Waals surface area contributed by atoms with E-state index in [1.807, 2.05) is 11.9 Å². The van der Waals surface area contributed by atoms with Gasteiger partial charge in [-0.1, -0.05) is 120 Å². The molecule has 14 heterocycles. The van der Waals surface area contributed by atoms with Gasteiger partial charge in [0.1, 0.15) is 10.9 Å². The van der Waals surface area contributed by atoms with Gasteiger partial charge in [-0.25, -0.2) is 20.4 Å². The predicted molar refractivity (Wildman–Crippen MR) is 491 cm³/mol. The number of nitrogen functional groups attached to an aromatic ring is 1. The number of nitrogens with zero attached hydrogens (tertiary/aromatic N) is 15. The third-order valence-corrected chi connectivity index (χ3v) is 25.2. The highest BCUT2D eigenvalue weighted by atomic mass is 79.9. The molecule has 8 radical (unpaired) electrons. The van der Waals surface area contributed by atoms with Crippen LogP contribution in [0, 0.1) is 0 Å². The van der Waals surface area contributed by atoms with Crippen LogP contribution in [0.25, 0.3) is 0 Å². The molecule has 58 heteroatoms. The van der Waals surface area contributed by atoms with Gasteiger partial charge in [0, 0.05) is 119 Å². The second-order valence-corrected chi connectivity index (χ2v) is 34.7. The number of ketones is 8. The lowest BCUT2D eigenvalue weighted by Crippen LogP contribution is -2.49. The van der Waals surface area contributed by atoms with Crippen LogP contribution in [0.5, 0.6) is 5.19 Å². The molecule has 0 spiro atoms. The molecule has 0 aromatic carbocycles. The number of alkyl halides is 1. The van der Waals surface area contributed by atoms with Gasteiger partial charge in [0.05, 0.1) is 171 Å². The zero-order chi connectivity index (χ0) is 93.6. The number of Topliss-reactive ketones (excluding diaryl/α,β-unsaturated/α-hetero) is 8. The van der Waals surface area contributed by atoms with E-state index >= 15 is 0 Å². The van der Waals surface area contributed by atoms with Crippen LogP contribution in [-0.2, 0) is 128 Å². The van der Waals surface area contributed by atoms with Crippen molar-refractivity contribution in [3.8, 4) is 5.19 Å². The number of aromatic nitrogens is 6. The van der Waals surface area contributed by atoms with Crippen LogP contribution < -0.4 is 36.3 Å². The Kier molecular flexibility index (Phi) is 47.6. The van der Waals surface area contributed by atoms with Gasteiger partial charge in [0.25, 0.3) is 64.5 Å². The summed E-state index contributed by atoms with van der Waals surface area (Å²) in [5, 5.41) is 12.4. The fourth-order valence-corrected chi connectivity index (χ4v) is 17.8. The number of piperidine rings is 2. The van der Waals surface area contributed by atoms with Crippen molar-refractivity contribution in [2.45, 2.75) is 69.6 Å². The van der Waals surface area contributed by atoms with Crippen molar-refractivity contribution in [3.63, 3.8) is 0 Å². The van der Waals surface area contributed by atoms with Crippen LogP contribution in [0.1, 0.15) is 108 Å². The number of carbonyl (C=O) groups is 16. The Morgan fingerprint density at radius 3 is 1.33 bits per heavy atom. The van der Waals surface area contributed by atoms with Gasteiger partial charge in [-0.15, -0.1) is 13.2 Å². The van der Waals surface area contributed by atoms with Crippen molar-refractivity contribution in [1.29, 1.82) is 0 Å². The zero-order valence-corrected chi connectivity index (χ0v) is 76.9. The molecule has 14 rings (SSSR count). The number of β-amino-alcohol motifs (C(OH)–C–C–N with tert-alkyl or cyclic N) is 1. The monoisotopic (exact) mass is 1940 g/mol. The summed E-state index contributed by atoms with van der Waals surface area (Å²) in [6.07, 6.45) is 7.90. The summed E-state index contributed by atoms with van der Waals surface area (Å²) in [5.41, 5.74) is 17.3. The lowest BCUT2D eigenvalue weighted by molar-refractivity contribution is -0.162. The summed E-state index contributed by atoms with van der Waals surface area (Å²) in [5.74, 6) is -0.841. The number of hydroxylamine groups is 3. The lowest BCUT2D eigenvalue weighted by atomic mass is 9.90. The number of ether oxygens (including phenoxy) is 1. The van der Waals surface area contributed by atoms with E-state index in [1.165, 1.54) is 131 Å². The predicted octanol–water partition coefficient (Wildman–Crippen LogP) is -3.11. The van der Waals surface area contributed by atoms with Crippen LogP contribution in [-0.4, -0.2) is 342 Å².